The second-order valence-electron chi connectivity index (χ2n) is 7.67. The number of anilines is 2. The fourth-order valence-electron chi connectivity index (χ4n) is 3.83. The standard InChI is InChI=1S/C24H24N4O3/c1-3-17-8-10-19(11-9-17)25-22(29)15-27-23(30)13-12-20(26-27)24(31)28-16(2)14-18-6-4-5-7-21(18)28/h4-13,16H,3,14-15H2,1-2H3,(H,25,29)/t16-/m0/s1. The zero-order valence-electron chi connectivity index (χ0n) is 17.5. The lowest BCUT2D eigenvalue weighted by molar-refractivity contribution is -0.117. The largest absolute Gasteiger partial charge is 0.324 e. The van der Waals surface area contributed by atoms with Crippen molar-refractivity contribution in [1.82, 2.24) is 9.78 Å². The van der Waals surface area contributed by atoms with Crippen LogP contribution in [-0.2, 0) is 24.2 Å². The monoisotopic (exact) mass is 416 g/mol. The van der Waals surface area contributed by atoms with Crippen molar-refractivity contribution in [2.45, 2.75) is 39.3 Å². The molecule has 4 rings (SSSR count). The number of carbonyl (C=O) groups excluding carboxylic acids is 2. The summed E-state index contributed by atoms with van der Waals surface area (Å²) >= 11 is 0. The summed E-state index contributed by atoms with van der Waals surface area (Å²) in [4.78, 5) is 39.5. The number of para-hydroxylation sites is 1. The number of benzene rings is 2. The van der Waals surface area contributed by atoms with Gasteiger partial charge in [-0.2, -0.15) is 5.10 Å². The smallest absolute Gasteiger partial charge is 0.278 e. The van der Waals surface area contributed by atoms with E-state index in [2.05, 4.69) is 17.3 Å². The Hall–Kier alpha value is -3.74. The van der Waals surface area contributed by atoms with E-state index in [1.165, 1.54) is 17.7 Å². The Morgan fingerprint density at radius 2 is 1.81 bits per heavy atom. The van der Waals surface area contributed by atoms with Crippen molar-refractivity contribution in [3.8, 4) is 0 Å². The second-order valence-corrected chi connectivity index (χ2v) is 7.67. The highest BCUT2D eigenvalue weighted by Gasteiger charge is 2.32. The van der Waals surface area contributed by atoms with E-state index in [0.717, 1.165) is 28.8 Å². The number of fused-ring (bicyclic) bond motifs is 1. The van der Waals surface area contributed by atoms with Crippen LogP contribution in [0.4, 0.5) is 11.4 Å². The van der Waals surface area contributed by atoms with Crippen molar-refractivity contribution in [3.05, 3.63) is 87.8 Å². The van der Waals surface area contributed by atoms with Gasteiger partial charge in [0, 0.05) is 23.5 Å². The highest BCUT2D eigenvalue weighted by atomic mass is 16.2. The van der Waals surface area contributed by atoms with Gasteiger partial charge in [0.15, 0.2) is 0 Å². The van der Waals surface area contributed by atoms with Crippen molar-refractivity contribution in [2.24, 2.45) is 0 Å². The summed E-state index contributed by atoms with van der Waals surface area (Å²) < 4.78 is 1.02. The highest BCUT2D eigenvalue weighted by Crippen LogP contribution is 2.32. The van der Waals surface area contributed by atoms with Gasteiger partial charge in [-0.1, -0.05) is 37.3 Å². The third-order valence-electron chi connectivity index (χ3n) is 5.45. The molecule has 0 bridgehead atoms. The van der Waals surface area contributed by atoms with Crippen LogP contribution in [0, 0.1) is 0 Å². The molecule has 3 aromatic rings. The zero-order valence-corrected chi connectivity index (χ0v) is 17.5. The molecule has 0 saturated carbocycles. The molecular formula is C24H24N4O3. The van der Waals surface area contributed by atoms with Crippen molar-refractivity contribution in [3.63, 3.8) is 0 Å². The summed E-state index contributed by atoms with van der Waals surface area (Å²) in [6.45, 7) is 3.76. The molecule has 2 aromatic carbocycles. The van der Waals surface area contributed by atoms with E-state index in [1.807, 2.05) is 55.5 Å². The van der Waals surface area contributed by atoms with Gasteiger partial charge in [0.05, 0.1) is 0 Å². The molecular weight excluding hydrogens is 392 g/mol. The van der Waals surface area contributed by atoms with Crippen LogP contribution >= 0.6 is 0 Å². The van der Waals surface area contributed by atoms with Crippen LogP contribution in [0.1, 0.15) is 35.5 Å². The number of amides is 2. The fraction of sp³-hybridized carbons (Fsp3) is 0.250. The summed E-state index contributed by atoms with van der Waals surface area (Å²) in [6.07, 6.45) is 1.68. The Morgan fingerprint density at radius 3 is 2.55 bits per heavy atom. The molecule has 31 heavy (non-hydrogen) atoms. The van der Waals surface area contributed by atoms with E-state index >= 15 is 0 Å². The van der Waals surface area contributed by atoms with Gasteiger partial charge >= 0.3 is 0 Å². The van der Waals surface area contributed by atoms with E-state index in [1.54, 1.807) is 4.90 Å². The third kappa shape index (κ3) is 4.26. The number of nitrogens with zero attached hydrogens (tertiary/aromatic N) is 3. The van der Waals surface area contributed by atoms with Gasteiger partial charge < -0.3 is 10.2 Å². The maximum absolute atomic E-state index is 13.2. The van der Waals surface area contributed by atoms with E-state index in [0.29, 0.717) is 5.69 Å². The number of hydrogen-bond donors (Lipinski definition) is 1. The summed E-state index contributed by atoms with van der Waals surface area (Å²) in [7, 11) is 0. The molecule has 0 aliphatic carbocycles. The van der Waals surface area contributed by atoms with E-state index < -0.39 is 5.56 Å². The van der Waals surface area contributed by atoms with Crippen LogP contribution in [0.25, 0.3) is 0 Å². The van der Waals surface area contributed by atoms with Crippen molar-refractivity contribution in [2.75, 3.05) is 10.2 Å². The third-order valence-corrected chi connectivity index (χ3v) is 5.45. The molecule has 1 aliphatic rings. The van der Waals surface area contributed by atoms with Gasteiger partial charge in [-0.05, 0) is 55.2 Å². The fourth-order valence-corrected chi connectivity index (χ4v) is 3.83. The minimum Gasteiger partial charge on any atom is -0.324 e. The normalized spacial score (nSPS) is 14.9. The lowest BCUT2D eigenvalue weighted by Gasteiger charge is -2.22. The Labute approximate surface area is 180 Å². The molecule has 7 nitrogen and oxygen atoms in total. The highest BCUT2D eigenvalue weighted by molar-refractivity contribution is 6.06. The van der Waals surface area contributed by atoms with Crippen LogP contribution in [0.15, 0.2) is 65.5 Å². The van der Waals surface area contributed by atoms with Crippen LogP contribution in [0.5, 0.6) is 0 Å². The molecule has 0 fully saturated rings. The number of aromatic nitrogens is 2. The van der Waals surface area contributed by atoms with Crippen molar-refractivity contribution >= 4 is 23.2 Å². The minimum atomic E-state index is -0.442. The first-order valence-corrected chi connectivity index (χ1v) is 10.3. The topological polar surface area (TPSA) is 84.3 Å². The molecule has 2 amide bonds. The molecule has 2 heterocycles. The minimum absolute atomic E-state index is 0.0125. The first-order valence-electron chi connectivity index (χ1n) is 10.3. The molecule has 158 valence electrons. The second kappa shape index (κ2) is 8.55. The van der Waals surface area contributed by atoms with Crippen LogP contribution < -0.4 is 15.8 Å². The van der Waals surface area contributed by atoms with E-state index in [-0.39, 0.29) is 30.1 Å². The van der Waals surface area contributed by atoms with Gasteiger partial charge in [-0.25, -0.2) is 4.68 Å². The van der Waals surface area contributed by atoms with Gasteiger partial charge in [0.1, 0.15) is 12.2 Å². The van der Waals surface area contributed by atoms with Crippen molar-refractivity contribution in [1.29, 1.82) is 0 Å². The number of nitrogens with one attached hydrogen (secondary N) is 1. The average molecular weight is 416 g/mol. The van der Waals surface area contributed by atoms with Crippen molar-refractivity contribution < 1.29 is 9.59 Å². The van der Waals surface area contributed by atoms with Gasteiger partial charge in [-0.3, -0.25) is 14.4 Å². The number of rotatable bonds is 5. The summed E-state index contributed by atoms with van der Waals surface area (Å²) in [5.41, 5.74) is 3.45. The molecule has 0 unspecified atom stereocenters. The summed E-state index contributed by atoms with van der Waals surface area (Å²) in [6, 6.07) is 17.9. The van der Waals surface area contributed by atoms with E-state index in [9.17, 15) is 14.4 Å². The molecule has 1 atom stereocenters. The van der Waals surface area contributed by atoms with Gasteiger partial charge in [0.2, 0.25) is 5.91 Å². The lowest BCUT2D eigenvalue weighted by atomic mass is 10.1. The molecule has 0 spiro atoms. The molecule has 1 aliphatic heterocycles. The first-order chi connectivity index (χ1) is 15.0. The predicted molar refractivity (Wildman–Crippen MR) is 119 cm³/mol. The Morgan fingerprint density at radius 1 is 1.06 bits per heavy atom. The number of carbonyl (C=O) groups is 2. The zero-order chi connectivity index (χ0) is 22.0. The lowest BCUT2D eigenvalue weighted by Crippen LogP contribution is -2.38. The molecule has 7 heteroatoms. The van der Waals surface area contributed by atoms with Crippen LogP contribution in [0.3, 0.4) is 0 Å². The van der Waals surface area contributed by atoms with Gasteiger partial charge in [0.25, 0.3) is 11.5 Å². The Kier molecular flexibility index (Phi) is 5.66. The average Bonchev–Trinajstić information content (AvgIpc) is 3.11. The Balaban J connectivity index is 1.52. The van der Waals surface area contributed by atoms with Crippen LogP contribution in [-0.4, -0.2) is 27.6 Å². The predicted octanol–water partition coefficient (Wildman–Crippen LogP) is 3.04. The number of hydrogen-bond acceptors (Lipinski definition) is 4. The molecule has 1 aromatic heterocycles. The Bertz CT molecular complexity index is 1180. The summed E-state index contributed by atoms with van der Waals surface area (Å²) in [5.74, 6) is -0.676. The SMILES string of the molecule is CCc1ccc(NC(=O)Cn2nc(C(=O)N3c4ccccc4C[C@@H]3C)ccc2=O)cc1. The van der Waals surface area contributed by atoms with Crippen LogP contribution in [0.2, 0.25) is 0 Å². The number of aryl methyl sites for hydroxylation is 1. The van der Waals surface area contributed by atoms with E-state index in [4.69, 9.17) is 0 Å². The summed E-state index contributed by atoms with van der Waals surface area (Å²) in [5, 5.41) is 6.94. The maximum atomic E-state index is 13.2. The maximum Gasteiger partial charge on any atom is 0.278 e. The first kappa shape index (κ1) is 20.5. The molecule has 0 saturated heterocycles. The molecule has 0 radical (unpaired) electrons. The quantitative estimate of drug-likeness (QED) is 0.693. The molecule has 1 N–H and O–H groups in total. The van der Waals surface area contributed by atoms with Gasteiger partial charge in [-0.15, -0.1) is 0 Å².